The molecule has 0 aromatic heterocycles. The van der Waals surface area contributed by atoms with Gasteiger partial charge in [-0.15, -0.1) is 0 Å². The van der Waals surface area contributed by atoms with Gasteiger partial charge in [0.05, 0.1) is 0 Å². The molecule has 4 nitrogen and oxygen atoms in total. The fourth-order valence-electron chi connectivity index (χ4n) is 0.308. The van der Waals surface area contributed by atoms with E-state index in [0.717, 1.165) is 10.7 Å². The van der Waals surface area contributed by atoms with E-state index >= 15 is 0 Å². The zero-order chi connectivity index (χ0) is 7.28. The number of hydrogen-bond donors (Lipinski definition) is 3. The minimum atomic E-state index is 0.112. The molecule has 0 aliphatic heterocycles. The molecule has 0 atom stereocenters. The van der Waals surface area contributed by atoms with Crippen molar-refractivity contribution in [1.29, 1.82) is 0 Å². The summed E-state index contributed by atoms with van der Waals surface area (Å²) in [6.45, 7) is 2.85. The van der Waals surface area contributed by atoms with Gasteiger partial charge in [-0.2, -0.15) is 0 Å². The Morgan fingerprint density at radius 3 is 2.56 bits per heavy atom. The van der Waals surface area contributed by atoms with Gasteiger partial charge in [0.15, 0.2) is 0 Å². The number of aliphatic imine (C=N–C) groups is 1. The second-order valence-electron chi connectivity index (χ2n) is 1.37. The second-order valence-corrected chi connectivity index (χ2v) is 2.76. The van der Waals surface area contributed by atoms with Crippen LogP contribution in [-0.4, -0.2) is 16.7 Å². The summed E-state index contributed by atoms with van der Waals surface area (Å²) in [5.74, 6) is 0.112. The molecule has 0 saturated carbocycles. The molecule has 0 spiro atoms. The maximum atomic E-state index is 5.10. The van der Waals surface area contributed by atoms with Gasteiger partial charge in [0, 0.05) is 0 Å². The maximum absolute atomic E-state index is 5.10. The van der Waals surface area contributed by atoms with Crippen LogP contribution < -0.4 is 16.8 Å². The molecular formula is C4H10N4W. The van der Waals surface area contributed by atoms with Crippen molar-refractivity contribution in [3.63, 3.8) is 0 Å². The molecule has 52 valence electrons. The van der Waals surface area contributed by atoms with E-state index in [0.29, 0.717) is 0 Å². The average molecular weight is 298 g/mol. The predicted molar refractivity (Wildman–Crippen MR) is 34.5 cm³/mol. The van der Waals surface area contributed by atoms with Gasteiger partial charge in [-0.1, -0.05) is 0 Å². The van der Waals surface area contributed by atoms with Crippen LogP contribution in [0.3, 0.4) is 0 Å². The predicted octanol–water partition coefficient (Wildman–Crippen LogP) is -1.50. The van der Waals surface area contributed by atoms with Crippen molar-refractivity contribution in [2.45, 2.75) is 6.92 Å². The Kier molecular flexibility index (Phi) is 4.54. The first kappa shape index (κ1) is 8.79. The summed E-state index contributed by atoms with van der Waals surface area (Å²) >= 11 is 1.24. The van der Waals surface area contributed by atoms with Crippen LogP contribution in [-0.2, 0) is 19.4 Å². The van der Waals surface area contributed by atoms with Crippen LogP contribution in [0.1, 0.15) is 6.92 Å². The van der Waals surface area contributed by atoms with Crippen molar-refractivity contribution in [2.75, 3.05) is 6.54 Å². The van der Waals surface area contributed by atoms with Crippen LogP contribution in [0, 0.1) is 0 Å². The van der Waals surface area contributed by atoms with Crippen LogP contribution in [0.25, 0.3) is 0 Å². The summed E-state index contributed by atoms with van der Waals surface area (Å²) in [6, 6.07) is 0. The van der Waals surface area contributed by atoms with E-state index in [1.165, 1.54) is 19.4 Å². The Balaban J connectivity index is 3.63. The molecule has 0 aromatic rings. The normalized spacial score (nSPS) is 8.56. The van der Waals surface area contributed by atoms with Gasteiger partial charge in [0.1, 0.15) is 0 Å². The van der Waals surface area contributed by atoms with Gasteiger partial charge in [-0.05, 0) is 0 Å². The first-order valence-electron chi connectivity index (χ1n) is 2.54. The van der Waals surface area contributed by atoms with Gasteiger partial charge >= 0.3 is 64.7 Å². The summed E-state index contributed by atoms with van der Waals surface area (Å²) in [5, 5.41) is 2.98. The molecule has 9 heavy (non-hydrogen) atoms. The van der Waals surface area contributed by atoms with Crippen molar-refractivity contribution in [3.05, 3.63) is 0 Å². The zero-order valence-corrected chi connectivity index (χ0v) is 8.15. The molecule has 0 rings (SSSR count). The fourth-order valence-corrected chi connectivity index (χ4v) is 1.21. The van der Waals surface area contributed by atoms with Gasteiger partial charge < -0.3 is 0 Å². The second kappa shape index (κ2) is 4.65. The molecule has 0 fully saturated rings. The molecule has 0 saturated heterocycles. The van der Waals surface area contributed by atoms with Gasteiger partial charge in [0.25, 0.3) is 0 Å². The third-order valence-corrected chi connectivity index (χ3v) is 1.41. The summed E-state index contributed by atoms with van der Waals surface area (Å²) in [4.78, 5) is 3.78. The summed E-state index contributed by atoms with van der Waals surface area (Å²) < 4.78 is 0.831. The monoisotopic (exact) mass is 298 g/mol. The molecule has 0 heterocycles. The molecular weight excluding hydrogens is 288 g/mol. The van der Waals surface area contributed by atoms with Gasteiger partial charge in [0.2, 0.25) is 0 Å². The molecule has 0 aliphatic rings. The topological polar surface area (TPSA) is 76.4 Å². The third kappa shape index (κ3) is 5.66. The van der Waals surface area contributed by atoms with Crippen molar-refractivity contribution >= 4 is 10.1 Å². The van der Waals surface area contributed by atoms with E-state index in [9.17, 15) is 0 Å². The minimum absolute atomic E-state index is 0.112. The quantitative estimate of drug-likeness (QED) is 0.438. The van der Waals surface area contributed by atoms with Gasteiger partial charge in [-0.25, -0.2) is 0 Å². The van der Waals surface area contributed by atoms with E-state index < -0.39 is 0 Å². The van der Waals surface area contributed by atoms with E-state index in [-0.39, 0.29) is 5.96 Å². The zero-order valence-electron chi connectivity index (χ0n) is 5.22. The van der Waals surface area contributed by atoms with Crippen LogP contribution in [0.2, 0.25) is 0 Å². The van der Waals surface area contributed by atoms with Crippen LogP contribution in [0.4, 0.5) is 0 Å². The molecule has 0 amide bonds. The Morgan fingerprint density at radius 1 is 1.67 bits per heavy atom. The fraction of sp³-hybridized carbons (Fsp3) is 0.500. The molecule has 5 heteroatoms. The van der Waals surface area contributed by atoms with E-state index in [2.05, 4.69) is 10.3 Å². The molecule has 0 aromatic carbocycles. The van der Waals surface area contributed by atoms with E-state index in [1.807, 2.05) is 6.92 Å². The van der Waals surface area contributed by atoms with Crippen LogP contribution in [0.5, 0.6) is 0 Å². The van der Waals surface area contributed by atoms with Crippen LogP contribution >= 0.6 is 0 Å². The first-order chi connectivity index (χ1) is 4.16. The molecule has 0 unspecified atom stereocenters. The van der Waals surface area contributed by atoms with Gasteiger partial charge in [-0.3, -0.25) is 0 Å². The summed E-state index contributed by atoms with van der Waals surface area (Å²) in [5.41, 5.74) is 10.2. The van der Waals surface area contributed by atoms with E-state index in [1.54, 1.807) is 0 Å². The Hall–Kier alpha value is -0.212. The summed E-state index contributed by atoms with van der Waals surface area (Å²) in [7, 11) is 0. The molecule has 5 N–H and O–H groups in total. The number of nitrogens with zero attached hydrogens (tertiary/aromatic N) is 1. The third-order valence-electron chi connectivity index (χ3n) is 0.559. The molecule has 0 aliphatic carbocycles. The average Bonchev–Trinajstić information content (AvgIpc) is 1.63. The Morgan fingerprint density at radius 2 is 2.22 bits per heavy atom. The van der Waals surface area contributed by atoms with Crippen molar-refractivity contribution in [3.8, 4) is 0 Å². The van der Waals surface area contributed by atoms with Crippen molar-refractivity contribution in [2.24, 2.45) is 16.5 Å². The SMILES string of the molecule is CCN[C](=[W])N=C(N)N. The number of guanidine groups is 1. The Labute approximate surface area is 65.1 Å². The number of hydrogen-bond acceptors (Lipinski definition) is 2. The standard InChI is InChI=1S/C4H10N4.W/c1-2-7-3-8-4(5)6;/h7H,2H2,1H3,(H4,5,6,8);. The van der Waals surface area contributed by atoms with Crippen molar-refractivity contribution < 1.29 is 19.4 Å². The number of nitrogens with one attached hydrogen (secondary N) is 1. The number of rotatable bonds is 3. The molecule has 0 bridgehead atoms. The van der Waals surface area contributed by atoms with Crippen LogP contribution in [0.15, 0.2) is 4.99 Å². The molecule has 0 radical (unpaired) electrons. The van der Waals surface area contributed by atoms with Crippen molar-refractivity contribution in [1.82, 2.24) is 5.32 Å². The Bertz CT molecular complexity index is 127. The number of nitrogens with two attached hydrogens (primary N) is 2. The summed E-state index contributed by atoms with van der Waals surface area (Å²) in [6.07, 6.45) is 0. The van der Waals surface area contributed by atoms with E-state index in [4.69, 9.17) is 11.5 Å². The first-order valence-corrected chi connectivity index (χ1v) is 4.01.